The van der Waals surface area contributed by atoms with Gasteiger partial charge in [0, 0.05) is 4.90 Å². The number of carboxylic acid groups (broad SMARTS) is 1. The van der Waals surface area contributed by atoms with E-state index in [1.165, 1.54) is 23.1 Å². The molecule has 1 aliphatic heterocycles. The topological polar surface area (TPSA) is 49.8 Å². The Morgan fingerprint density at radius 2 is 2.15 bits per heavy atom. The van der Waals surface area contributed by atoms with Gasteiger partial charge in [-0.05, 0) is 29.5 Å². The standard InChI is InChI=1S/C12H12F3NO3S/c13-12(14,15)20-10-3-1-2-8(4-10)7-19-9-5-16(6-9)11(17)18/h1-4,9H,5-7H2,(H,17,18). The van der Waals surface area contributed by atoms with Crippen LogP contribution in [0.15, 0.2) is 29.2 Å². The van der Waals surface area contributed by atoms with Crippen molar-refractivity contribution in [1.29, 1.82) is 0 Å². The lowest BCUT2D eigenvalue weighted by atomic mass is 10.2. The summed E-state index contributed by atoms with van der Waals surface area (Å²) in [4.78, 5) is 11.9. The molecule has 1 aromatic carbocycles. The summed E-state index contributed by atoms with van der Waals surface area (Å²) in [5, 5.41) is 8.64. The summed E-state index contributed by atoms with van der Waals surface area (Å²) >= 11 is -0.168. The van der Waals surface area contributed by atoms with E-state index in [2.05, 4.69) is 0 Å². The van der Waals surface area contributed by atoms with Crippen molar-refractivity contribution in [3.63, 3.8) is 0 Å². The number of likely N-dealkylation sites (tertiary alicyclic amines) is 1. The van der Waals surface area contributed by atoms with Gasteiger partial charge in [0.2, 0.25) is 0 Å². The Bertz CT molecular complexity index is 489. The second-order valence-corrected chi connectivity index (χ2v) is 5.45. The molecule has 1 saturated heterocycles. The lowest BCUT2D eigenvalue weighted by Crippen LogP contribution is -2.54. The van der Waals surface area contributed by atoms with Gasteiger partial charge in [-0.1, -0.05) is 12.1 Å². The molecule has 0 aromatic heterocycles. The first-order valence-electron chi connectivity index (χ1n) is 5.77. The summed E-state index contributed by atoms with van der Waals surface area (Å²) in [7, 11) is 0. The van der Waals surface area contributed by atoms with Crippen LogP contribution >= 0.6 is 11.8 Å². The Balaban J connectivity index is 1.82. The number of benzene rings is 1. The predicted octanol–water partition coefficient (Wildman–Crippen LogP) is 3.18. The van der Waals surface area contributed by atoms with Gasteiger partial charge < -0.3 is 14.7 Å². The number of thioether (sulfide) groups is 1. The molecule has 8 heteroatoms. The fourth-order valence-corrected chi connectivity index (χ4v) is 2.37. The van der Waals surface area contributed by atoms with Crippen molar-refractivity contribution in [3.05, 3.63) is 29.8 Å². The van der Waals surface area contributed by atoms with Crippen LogP contribution in [0, 0.1) is 0 Å². The average Bonchev–Trinajstić information content (AvgIpc) is 2.24. The molecule has 1 aliphatic rings. The van der Waals surface area contributed by atoms with Gasteiger partial charge in [-0.25, -0.2) is 4.79 Å². The molecule has 1 N–H and O–H groups in total. The van der Waals surface area contributed by atoms with E-state index in [-0.39, 0.29) is 29.4 Å². The molecule has 0 saturated carbocycles. The molecule has 4 nitrogen and oxygen atoms in total. The van der Waals surface area contributed by atoms with Gasteiger partial charge in [-0.3, -0.25) is 0 Å². The third-order valence-electron chi connectivity index (χ3n) is 2.74. The van der Waals surface area contributed by atoms with E-state index in [1.807, 2.05) is 0 Å². The lowest BCUT2D eigenvalue weighted by molar-refractivity contribution is -0.0523. The monoisotopic (exact) mass is 307 g/mol. The number of hydrogen-bond acceptors (Lipinski definition) is 3. The summed E-state index contributed by atoms with van der Waals surface area (Å²) in [5.74, 6) is 0. The van der Waals surface area contributed by atoms with Crippen molar-refractivity contribution in [2.45, 2.75) is 23.1 Å². The largest absolute Gasteiger partial charge is 0.465 e. The van der Waals surface area contributed by atoms with Gasteiger partial charge in [0.1, 0.15) is 0 Å². The van der Waals surface area contributed by atoms with E-state index < -0.39 is 11.6 Å². The zero-order valence-electron chi connectivity index (χ0n) is 10.3. The Labute approximate surface area is 117 Å². The number of carbonyl (C=O) groups is 1. The molecule has 110 valence electrons. The molecule has 0 spiro atoms. The third kappa shape index (κ3) is 4.31. The van der Waals surface area contributed by atoms with Gasteiger partial charge >= 0.3 is 11.6 Å². The van der Waals surface area contributed by atoms with Crippen LogP contribution in [-0.2, 0) is 11.3 Å². The van der Waals surface area contributed by atoms with Gasteiger partial charge in [-0.2, -0.15) is 13.2 Å². The fourth-order valence-electron chi connectivity index (χ4n) is 1.75. The lowest BCUT2D eigenvalue weighted by Gasteiger charge is -2.36. The Morgan fingerprint density at radius 3 is 2.75 bits per heavy atom. The first kappa shape index (κ1) is 15.0. The summed E-state index contributed by atoms with van der Waals surface area (Å²) in [6.45, 7) is 0.767. The van der Waals surface area contributed by atoms with E-state index in [4.69, 9.17) is 9.84 Å². The van der Waals surface area contributed by atoms with E-state index in [1.54, 1.807) is 6.07 Å². The highest BCUT2D eigenvalue weighted by atomic mass is 32.2. The minimum atomic E-state index is -4.31. The summed E-state index contributed by atoms with van der Waals surface area (Å²) in [5.41, 5.74) is -3.68. The molecule has 0 bridgehead atoms. The average molecular weight is 307 g/mol. The van der Waals surface area contributed by atoms with Crippen LogP contribution < -0.4 is 0 Å². The molecule has 1 amide bonds. The van der Waals surface area contributed by atoms with E-state index in [0.29, 0.717) is 18.7 Å². The molecule has 0 atom stereocenters. The molecule has 1 aromatic rings. The SMILES string of the molecule is O=C(O)N1CC(OCc2cccc(SC(F)(F)F)c2)C1. The molecular weight excluding hydrogens is 295 g/mol. The van der Waals surface area contributed by atoms with Crippen LogP contribution in [0.5, 0.6) is 0 Å². The van der Waals surface area contributed by atoms with Crippen molar-refractivity contribution in [1.82, 2.24) is 4.90 Å². The number of ether oxygens (including phenoxy) is 1. The number of hydrogen-bond donors (Lipinski definition) is 1. The molecule has 0 unspecified atom stereocenters. The van der Waals surface area contributed by atoms with Crippen molar-refractivity contribution >= 4 is 17.9 Å². The molecule has 20 heavy (non-hydrogen) atoms. The van der Waals surface area contributed by atoms with Crippen LogP contribution in [0.4, 0.5) is 18.0 Å². The Hall–Kier alpha value is -1.41. The molecule has 1 heterocycles. The van der Waals surface area contributed by atoms with Gasteiger partial charge in [0.05, 0.1) is 25.8 Å². The third-order valence-corrected chi connectivity index (χ3v) is 3.46. The second-order valence-electron chi connectivity index (χ2n) is 4.32. The highest BCUT2D eigenvalue weighted by molar-refractivity contribution is 8.00. The van der Waals surface area contributed by atoms with Crippen molar-refractivity contribution in [2.24, 2.45) is 0 Å². The van der Waals surface area contributed by atoms with Crippen LogP contribution in [0.2, 0.25) is 0 Å². The highest BCUT2D eigenvalue weighted by Gasteiger charge is 2.31. The highest BCUT2D eigenvalue weighted by Crippen LogP contribution is 2.37. The van der Waals surface area contributed by atoms with Gasteiger partial charge in [0.25, 0.3) is 0 Å². The maximum Gasteiger partial charge on any atom is 0.446 e. The summed E-state index contributed by atoms with van der Waals surface area (Å²) < 4.78 is 42.2. The first-order chi connectivity index (χ1) is 9.33. The smallest absolute Gasteiger partial charge is 0.446 e. The molecular formula is C12H12F3NO3S. The van der Waals surface area contributed by atoms with Crippen molar-refractivity contribution in [3.8, 4) is 0 Å². The second kappa shape index (κ2) is 5.92. The van der Waals surface area contributed by atoms with Crippen LogP contribution in [0.25, 0.3) is 0 Å². The molecule has 0 aliphatic carbocycles. The van der Waals surface area contributed by atoms with Gasteiger partial charge in [0.15, 0.2) is 0 Å². The summed E-state index contributed by atoms with van der Waals surface area (Å²) in [6, 6.07) is 6.02. The zero-order chi connectivity index (χ0) is 14.8. The van der Waals surface area contributed by atoms with Crippen LogP contribution in [0.1, 0.15) is 5.56 Å². The Morgan fingerprint density at radius 1 is 1.45 bits per heavy atom. The maximum atomic E-state index is 12.2. The Kier molecular flexibility index (Phi) is 4.44. The number of halogens is 3. The quantitative estimate of drug-likeness (QED) is 0.868. The maximum absolute atomic E-state index is 12.2. The van der Waals surface area contributed by atoms with Crippen molar-refractivity contribution in [2.75, 3.05) is 13.1 Å². The molecule has 1 fully saturated rings. The number of amides is 1. The van der Waals surface area contributed by atoms with E-state index >= 15 is 0 Å². The fraction of sp³-hybridized carbons (Fsp3) is 0.417. The van der Waals surface area contributed by atoms with Gasteiger partial charge in [-0.15, -0.1) is 0 Å². The number of nitrogens with zero attached hydrogens (tertiary/aromatic N) is 1. The minimum Gasteiger partial charge on any atom is -0.465 e. The molecule has 2 rings (SSSR count). The van der Waals surface area contributed by atoms with E-state index in [9.17, 15) is 18.0 Å². The normalized spacial score (nSPS) is 16.1. The summed E-state index contributed by atoms with van der Waals surface area (Å²) in [6.07, 6.45) is -1.18. The minimum absolute atomic E-state index is 0.111. The first-order valence-corrected chi connectivity index (χ1v) is 6.59. The zero-order valence-corrected chi connectivity index (χ0v) is 11.1. The molecule has 0 radical (unpaired) electrons. The predicted molar refractivity (Wildman–Crippen MR) is 66.5 cm³/mol. The number of rotatable bonds is 4. The van der Waals surface area contributed by atoms with Crippen LogP contribution in [-0.4, -0.2) is 40.8 Å². The van der Waals surface area contributed by atoms with Crippen LogP contribution in [0.3, 0.4) is 0 Å². The van der Waals surface area contributed by atoms with E-state index in [0.717, 1.165) is 0 Å². The number of alkyl halides is 3. The van der Waals surface area contributed by atoms with Crippen molar-refractivity contribution < 1.29 is 27.8 Å².